The number of aliphatic hydroxyl groups is 1. The highest BCUT2D eigenvalue weighted by molar-refractivity contribution is 14.0. The van der Waals surface area contributed by atoms with Crippen molar-refractivity contribution < 1.29 is 19.4 Å². The van der Waals surface area contributed by atoms with Crippen molar-refractivity contribution in [3.8, 4) is 11.5 Å². The quantitative estimate of drug-likeness (QED) is 0.170. The second-order valence-corrected chi connectivity index (χ2v) is 7.80. The maximum absolute atomic E-state index is 11.9. The molecule has 0 bridgehead atoms. The summed E-state index contributed by atoms with van der Waals surface area (Å²) in [6, 6.07) is 6.02. The number of likely N-dealkylation sites (tertiary alicyclic amines) is 1. The van der Waals surface area contributed by atoms with E-state index in [1.807, 2.05) is 25.1 Å². The van der Waals surface area contributed by atoms with Crippen LogP contribution in [0.2, 0.25) is 0 Å². The lowest BCUT2D eigenvalue weighted by molar-refractivity contribution is -0.122. The number of benzene rings is 1. The molecule has 188 valence electrons. The van der Waals surface area contributed by atoms with Gasteiger partial charge in [0.15, 0.2) is 17.5 Å². The smallest absolute Gasteiger partial charge is 0.234 e. The Hall–Kier alpha value is -1.79. The van der Waals surface area contributed by atoms with Crippen LogP contribution in [0.25, 0.3) is 0 Å². The van der Waals surface area contributed by atoms with Gasteiger partial charge >= 0.3 is 0 Å². The van der Waals surface area contributed by atoms with E-state index < -0.39 is 0 Å². The summed E-state index contributed by atoms with van der Waals surface area (Å²) in [5, 5.41) is 18.7. The number of rotatable bonds is 12. The second kappa shape index (κ2) is 16.8. The molecule has 0 spiro atoms. The Bertz CT molecular complexity index is 727. The van der Waals surface area contributed by atoms with Crippen LogP contribution >= 0.6 is 24.0 Å². The molecule has 2 rings (SSSR count). The summed E-state index contributed by atoms with van der Waals surface area (Å²) in [4.78, 5) is 18.9. The molecule has 1 saturated heterocycles. The van der Waals surface area contributed by atoms with Gasteiger partial charge in [-0.05, 0) is 43.9 Å². The number of methoxy groups -OCH3 is 1. The summed E-state index contributed by atoms with van der Waals surface area (Å²) in [7, 11) is 1.60. The third-order valence-electron chi connectivity index (χ3n) is 5.21. The lowest BCUT2D eigenvalue weighted by Gasteiger charge is -2.32. The first-order valence-corrected chi connectivity index (χ1v) is 11.5. The van der Waals surface area contributed by atoms with E-state index in [4.69, 9.17) is 19.6 Å². The predicted molar refractivity (Wildman–Crippen MR) is 142 cm³/mol. The van der Waals surface area contributed by atoms with Crippen LogP contribution in [0.3, 0.4) is 0 Å². The molecule has 1 amide bonds. The Labute approximate surface area is 214 Å². The van der Waals surface area contributed by atoms with Crippen molar-refractivity contribution in [1.82, 2.24) is 20.9 Å². The van der Waals surface area contributed by atoms with Gasteiger partial charge in [-0.25, -0.2) is 4.99 Å². The molecular weight excluding hydrogens is 537 g/mol. The Morgan fingerprint density at radius 3 is 2.61 bits per heavy atom. The summed E-state index contributed by atoms with van der Waals surface area (Å²) < 4.78 is 10.9. The first-order chi connectivity index (χ1) is 15.6. The van der Waals surface area contributed by atoms with E-state index >= 15 is 0 Å². The third-order valence-corrected chi connectivity index (χ3v) is 5.21. The van der Waals surface area contributed by atoms with Crippen LogP contribution in [0, 0.1) is 0 Å². The van der Waals surface area contributed by atoms with Crippen LogP contribution in [0.4, 0.5) is 0 Å². The molecule has 9 nitrogen and oxygen atoms in total. The van der Waals surface area contributed by atoms with Gasteiger partial charge in [-0.1, -0.05) is 13.0 Å². The van der Waals surface area contributed by atoms with Crippen molar-refractivity contribution in [1.29, 1.82) is 0 Å². The van der Waals surface area contributed by atoms with Gasteiger partial charge in [-0.3, -0.25) is 9.69 Å². The fourth-order valence-corrected chi connectivity index (χ4v) is 3.53. The molecular formula is C23H40IN5O4. The lowest BCUT2D eigenvalue weighted by Crippen LogP contribution is -2.50. The maximum Gasteiger partial charge on any atom is 0.234 e. The fourth-order valence-electron chi connectivity index (χ4n) is 3.53. The number of aliphatic hydroxyl groups excluding tert-OH is 1. The number of piperidine rings is 1. The van der Waals surface area contributed by atoms with Crippen molar-refractivity contribution >= 4 is 35.8 Å². The molecule has 1 aromatic carbocycles. The molecule has 0 unspecified atom stereocenters. The van der Waals surface area contributed by atoms with Crippen LogP contribution < -0.4 is 25.4 Å². The van der Waals surface area contributed by atoms with E-state index in [0.717, 1.165) is 57.0 Å². The summed E-state index contributed by atoms with van der Waals surface area (Å²) in [5.41, 5.74) is 1.00. The van der Waals surface area contributed by atoms with Gasteiger partial charge in [0.05, 0.1) is 26.8 Å². The topological polar surface area (TPSA) is 107 Å². The van der Waals surface area contributed by atoms with Gasteiger partial charge in [0.25, 0.3) is 0 Å². The number of guanidine groups is 1. The fraction of sp³-hybridized carbons (Fsp3) is 0.652. The van der Waals surface area contributed by atoms with Crippen LogP contribution in [0.5, 0.6) is 11.5 Å². The van der Waals surface area contributed by atoms with Crippen LogP contribution in [0.15, 0.2) is 23.2 Å². The van der Waals surface area contributed by atoms with Gasteiger partial charge in [0.1, 0.15) is 6.61 Å². The van der Waals surface area contributed by atoms with E-state index in [1.54, 1.807) is 7.11 Å². The minimum atomic E-state index is -0.0438. The number of carbonyl (C=O) groups is 1. The van der Waals surface area contributed by atoms with Crippen LogP contribution in [0.1, 0.15) is 38.7 Å². The van der Waals surface area contributed by atoms with E-state index in [1.165, 1.54) is 0 Å². The van der Waals surface area contributed by atoms with Crippen molar-refractivity contribution in [2.75, 3.05) is 53.0 Å². The van der Waals surface area contributed by atoms with Crippen molar-refractivity contribution in [3.63, 3.8) is 0 Å². The Morgan fingerprint density at radius 2 is 1.97 bits per heavy atom. The zero-order valence-corrected chi connectivity index (χ0v) is 22.4. The normalized spacial score (nSPS) is 14.8. The number of nitrogens with one attached hydrogen (secondary N) is 3. The molecule has 1 heterocycles. The number of nitrogens with zero attached hydrogens (tertiary/aromatic N) is 2. The van der Waals surface area contributed by atoms with E-state index in [0.29, 0.717) is 30.6 Å². The molecule has 0 aromatic heterocycles. The minimum absolute atomic E-state index is 0. The first-order valence-electron chi connectivity index (χ1n) is 11.5. The highest BCUT2D eigenvalue weighted by atomic mass is 127. The summed E-state index contributed by atoms with van der Waals surface area (Å²) >= 11 is 0. The summed E-state index contributed by atoms with van der Waals surface area (Å²) in [6.45, 7) is 8.56. The van der Waals surface area contributed by atoms with Crippen LogP contribution in [-0.4, -0.2) is 81.0 Å². The Morgan fingerprint density at radius 1 is 1.21 bits per heavy atom. The van der Waals surface area contributed by atoms with Crippen LogP contribution in [-0.2, 0) is 11.3 Å². The summed E-state index contributed by atoms with van der Waals surface area (Å²) in [5.74, 6) is 2.12. The SMILES string of the molecule is CCCNC(=O)CN1CCC(NC(=NCc2ccc(OCCO)c(OC)c2)NCC)CC1.I. The molecule has 1 fully saturated rings. The number of aliphatic imine (C=N–C) groups is 1. The number of hydrogen-bond donors (Lipinski definition) is 4. The highest BCUT2D eigenvalue weighted by Crippen LogP contribution is 2.28. The molecule has 33 heavy (non-hydrogen) atoms. The predicted octanol–water partition coefficient (Wildman–Crippen LogP) is 1.73. The zero-order chi connectivity index (χ0) is 23.2. The van der Waals surface area contributed by atoms with Gasteiger partial charge in [-0.2, -0.15) is 0 Å². The summed E-state index contributed by atoms with van der Waals surface area (Å²) in [6.07, 6.45) is 2.89. The molecule has 0 atom stereocenters. The molecule has 1 aromatic rings. The Balaban J connectivity index is 0.00000544. The molecule has 0 aliphatic carbocycles. The number of carbonyl (C=O) groups excluding carboxylic acids is 1. The second-order valence-electron chi connectivity index (χ2n) is 7.80. The first kappa shape index (κ1) is 29.2. The van der Waals surface area contributed by atoms with Crippen molar-refractivity contribution in [3.05, 3.63) is 23.8 Å². The number of ether oxygens (including phenoxy) is 2. The standard InChI is InChI=1S/C23H39N5O4.HI/c1-4-10-25-22(30)17-28-11-8-19(9-12-28)27-23(24-5-2)26-16-18-6-7-20(32-14-13-29)21(15-18)31-3;/h6-7,15,19,29H,4-5,8-14,16-17H2,1-3H3,(H,25,30)(H2,24,26,27);1H. The minimum Gasteiger partial charge on any atom is -0.493 e. The van der Waals surface area contributed by atoms with Gasteiger partial charge in [0.2, 0.25) is 5.91 Å². The lowest BCUT2D eigenvalue weighted by atomic mass is 10.1. The highest BCUT2D eigenvalue weighted by Gasteiger charge is 2.21. The molecule has 1 aliphatic heterocycles. The van der Waals surface area contributed by atoms with Crippen molar-refractivity contribution in [2.45, 2.75) is 45.7 Å². The average molecular weight is 578 g/mol. The average Bonchev–Trinajstić information content (AvgIpc) is 2.81. The third kappa shape index (κ3) is 10.8. The van der Waals surface area contributed by atoms with E-state index in [-0.39, 0.29) is 43.1 Å². The monoisotopic (exact) mass is 577 g/mol. The molecule has 1 aliphatic rings. The molecule has 4 N–H and O–H groups in total. The van der Waals surface area contributed by atoms with E-state index in [2.05, 4.69) is 27.8 Å². The van der Waals surface area contributed by atoms with Gasteiger partial charge < -0.3 is 30.5 Å². The zero-order valence-electron chi connectivity index (χ0n) is 20.1. The van der Waals surface area contributed by atoms with Crippen molar-refractivity contribution in [2.24, 2.45) is 4.99 Å². The number of halogens is 1. The molecule has 0 saturated carbocycles. The Kier molecular flexibility index (Phi) is 14.9. The molecule has 10 heteroatoms. The van der Waals surface area contributed by atoms with Gasteiger partial charge in [0, 0.05) is 32.2 Å². The maximum atomic E-state index is 11.9. The van der Waals surface area contributed by atoms with E-state index in [9.17, 15) is 4.79 Å². The largest absolute Gasteiger partial charge is 0.493 e. The number of amides is 1. The number of hydrogen-bond acceptors (Lipinski definition) is 6. The molecule has 0 radical (unpaired) electrons. The van der Waals surface area contributed by atoms with Gasteiger partial charge in [-0.15, -0.1) is 24.0 Å².